The summed E-state index contributed by atoms with van der Waals surface area (Å²) >= 11 is 0. The van der Waals surface area contributed by atoms with Crippen LogP contribution in [0.15, 0.2) is 48.6 Å². The predicted octanol–water partition coefficient (Wildman–Crippen LogP) is 7.73. The first-order valence-corrected chi connectivity index (χ1v) is 10.7. The summed E-state index contributed by atoms with van der Waals surface area (Å²) in [5.74, 6) is -2.61. The fourth-order valence-electron chi connectivity index (χ4n) is 4.11. The van der Waals surface area contributed by atoms with E-state index < -0.39 is 29.1 Å². The molecule has 6 heteroatoms. The van der Waals surface area contributed by atoms with Crippen LogP contribution in [-0.2, 0) is 6.11 Å². The molecule has 2 aromatic rings. The maximum atomic E-state index is 14.5. The topological polar surface area (TPSA) is 18.5 Å². The van der Waals surface area contributed by atoms with Gasteiger partial charge in [-0.3, -0.25) is 0 Å². The van der Waals surface area contributed by atoms with Crippen LogP contribution in [0.5, 0.6) is 11.5 Å². The standard InChI is InChI=1S/C25H28F4O2/c1-3-4-5-6-17-7-9-18(10-8-17)19-11-13-20(14-12-19)31-25(28,29)21-15-16-22(30-2)24(27)23(21)26/h4-5,11-18H,3,6-10H2,1-2H3/b5-4-. The molecule has 2 aromatic carbocycles. The van der Waals surface area contributed by atoms with Crippen molar-refractivity contribution >= 4 is 0 Å². The fraction of sp³-hybridized carbons (Fsp3) is 0.440. The Morgan fingerprint density at radius 2 is 1.61 bits per heavy atom. The van der Waals surface area contributed by atoms with Gasteiger partial charge in [-0.15, -0.1) is 0 Å². The molecule has 31 heavy (non-hydrogen) atoms. The van der Waals surface area contributed by atoms with E-state index in [0.717, 1.165) is 63.3 Å². The maximum Gasteiger partial charge on any atom is 0.429 e. The van der Waals surface area contributed by atoms with E-state index in [2.05, 4.69) is 23.8 Å². The molecule has 0 N–H and O–H groups in total. The molecule has 2 nitrogen and oxygen atoms in total. The Labute approximate surface area is 180 Å². The third kappa shape index (κ3) is 5.60. The van der Waals surface area contributed by atoms with Gasteiger partial charge in [-0.1, -0.05) is 31.2 Å². The molecule has 168 valence electrons. The number of alkyl halides is 2. The van der Waals surface area contributed by atoms with Gasteiger partial charge in [0.2, 0.25) is 5.82 Å². The molecular formula is C25H28F4O2. The summed E-state index contributed by atoms with van der Waals surface area (Å²) in [5.41, 5.74) is -0.0924. The number of halogens is 4. The molecule has 1 saturated carbocycles. The highest BCUT2D eigenvalue weighted by molar-refractivity contribution is 5.34. The van der Waals surface area contributed by atoms with Gasteiger partial charge in [0.05, 0.1) is 7.11 Å². The van der Waals surface area contributed by atoms with Gasteiger partial charge in [-0.25, -0.2) is 4.39 Å². The Hall–Kier alpha value is -2.50. The lowest BCUT2D eigenvalue weighted by Gasteiger charge is -2.28. The highest BCUT2D eigenvalue weighted by Crippen LogP contribution is 2.39. The lowest BCUT2D eigenvalue weighted by atomic mass is 9.77. The second-order valence-electron chi connectivity index (χ2n) is 7.96. The summed E-state index contributed by atoms with van der Waals surface area (Å²) < 4.78 is 66.1. The Morgan fingerprint density at radius 3 is 2.23 bits per heavy atom. The molecule has 0 radical (unpaired) electrons. The highest BCUT2D eigenvalue weighted by atomic mass is 19.3. The summed E-state index contributed by atoms with van der Waals surface area (Å²) in [7, 11) is 1.13. The smallest absolute Gasteiger partial charge is 0.429 e. The van der Waals surface area contributed by atoms with Gasteiger partial charge in [0.1, 0.15) is 11.3 Å². The number of rotatable bonds is 8. The quantitative estimate of drug-likeness (QED) is 0.311. The Morgan fingerprint density at radius 1 is 0.935 bits per heavy atom. The molecule has 0 saturated heterocycles. The van der Waals surface area contributed by atoms with E-state index in [0.29, 0.717) is 11.8 Å². The van der Waals surface area contributed by atoms with Gasteiger partial charge in [-0.2, -0.15) is 13.2 Å². The van der Waals surface area contributed by atoms with E-state index >= 15 is 0 Å². The van der Waals surface area contributed by atoms with E-state index in [1.807, 2.05) is 0 Å². The predicted molar refractivity (Wildman–Crippen MR) is 113 cm³/mol. The lowest BCUT2D eigenvalue weighted by molar-refractivity contribution is -0.187. The van der Waals surface area contributed by atoms with Crippen molar-refractivity contribution in [3.8, 4) is 11.5 Å². The second-order valence-corrected chi connectivity index (χ2v) is 7.96. The van der Waals surface area contributed by atoms with E-state index in [1.54, 1.807) is 12.1 Å². The first kappa shape index (κ1) is 23.2. The second kappa shape index (κ2) is 10.2. The van der Waals surface area contributed by atoms with Crippen LogP contribution in [0.25, 0.3) is 0 Å². The van der Waals surface area contributed by atoms with Crippen LogP contribution in [0.3, 0.4) is 0 Å². The Balaban J connectivity index is 1.63. The van der Waals surface area contributed by atoms with Crippen molar-refractivity contribution in [1.29, 1.82) is 0 Å². The van der Waals surface area contributed by atoms with Crippen molar-refractivity contribution in [1.82, 2.24) is 0 Å². The molecule has 0 aromatic heterocycles. The van der Waals surface area contributed by atoms with Crippen molar-refractivity contribution < 1.29 is 27.0 Å². The third-order valence-corrected chi connectivity index (χ3v) is 5.90. The number of benzene rings is 2. The van der Waals surface area contributed by atoms with Crippen molar-refractivity contribution in [2.24, 2.45) is 5.92 Å². The zero-order chi connectivity index (χ0) is 22.4. The van der Waals surface area contributed by atoms with Gasteiger partial charge in [0, 0.05) is 0 Å². The number of ether oxygens (including phenoxy) is 2. The zero-order valence-electron chi connectivity index (χ0n) is 17.8. The van der Waals surface area contributed by atoms with Gasteiger partial charge in [0.15, 0.2) is 11.6 Å². The molecule has 3 rings (SSSR count). The zero-order valence-corrected chi connectivity index (χ0v) is 17.8. The third-order valence-electron chi connectivity index (χ3n) is 5.90. The lowest BCUT2D eigenvalue weighted by Crippen LogP contribution is -2.24. The molecule has 1 aliphatic carbocycles. The average molecular weight is 436 g/mol. The van der Waals surface area contributed by atoms with Crippen molar-refractivity contribution in [3.63, 3.8) is 0 Å². The first-order chi connectivity index (χ1) is 14.9. The van der Waals surface area contributed by atoms with Gasteiger partial charge >= 0.3 is 6.11 Å². The van der Waals surface area contributed by atoms with Crippen LogP contribution in [0, 0.1) is 17.6 Å². The molecule has 0 bridgehead atoms. The number of allylic oxidation sites excluding steroid dienone is 2. The molecule has 0 unspecified atom stereocenters. The van der Waals surface area contributed by atoms with Gasteiger partial charge in [-0.05, 0) is 80.2 Å². The van der Waals surface area contributed by atoms with Gasteiger partial charge in [0.25, 0.3) is 0 Å². The molecule has 1 fully saturated rings. The fourth-order valence-corrected chi connectivity index (χ4v) is 4.11. The molecular weight excluding hydrogens is 408 g/mol. The molecule has 1 aliphatic rings. The monoisotopic (exact) mass is 436 g/mol. The van der Waals surface area contributed by atoms with Crippen LogP contribution >= 0.6 is 0 Å². The van der Waals surface area contributed by atoms with Crippen LogP contribution in [0.4, 0.5) is 17.6 Å². The van der Waals surface area contributed by atoms with E-state index in [-0.39, 0.29) is 5.75 Å². The van der Waals surface area contributed by atoms with Crippen LogP contribution in [0.1, 0.15) is 62.5 Å². The molecule has 0 spiro atoms. The molecule has 0 heterocycles. The minimum atomic E-state index is -4.03. The van der Waals surface area contributed by atoms with E-state index in [9.17, 15) is 17.6 Å². The van der Waals surface area contributed by atoms with Crippen molar-refractivity contribution in [2.75, 3.05) is 7.11 Å². The first-order valence-electron chi connectivity index (χ1n) is 10.7. The molecule has 0 amide bonds. The minimum Gasteiger partial charge on any atom is -0.494 e. The van der Waals surface area contributed by atoms with Gasteiger partial charge < -0.3 is 9.47 Å². The SMILES string of the molecule is CC/C=C\CC1CCC(c2ccc(OC(F)(F)c3ccc(OC)c(F)c3F)cc2)CC1. The summed E-state index contributed by atoms with van der Waals surface area (Å²) in [6.45, 7) is 2.13. The number of hydrogen-bond donors (Lipinski definition) is 0. The van der Waals surface area contributed by atoms with Crippen LogP contribution < -0.4 is 9.47 Å². The van der Waals surface area contributed by atoms with Crippen molar-refractivity contribution in [2.45, 2.75) is 57.5 Å². The minimum absolute atomic E-state index is 0.109. The van der Waals surface area contributed by atoms with E-state index in [4.69, 9.17) is 4.74 Å². The summed E-state index contributed by atoms with van der Waals surface area (Å²) in [6, 6.07) is 8.17. The summed E-state index contributed by atoms with van der Waals surface area (Å²) in [5, 5.41) is 0. The number of methoxy groups -OCH3 is 1. The summed E-state index contributed by atoms with van der Waals surface area (Å²) in [6.07, 6.45) is 7.04. The van der Waals surface area contributed by atoms with E-state index in [1.165, 1.54) is 12.1 Å². The Kier molecular flexibility index (Phi) is 7.63. The maximum absolute atomic E-state index is 14.5. The van der Waals surface area contributed by atoms with Crippen LogP contribution in [0.2, 0.25) is 0 Å². The average Bonchev–Trinajstić information content (AvgIpc) is 2.76. The number of hydrogen-bond acceptors (Lipinski definition) is 2. The molecule has 0 atom stereocenters. The van der Waals surface area contributed by atoms with Crippen molar-refractivity contribution in [3.05, 3.63) is 71.3 Å². The molecule has 0 aliphatic heterocycles. The summed E-state index contributed by atoms with van der Waals surface area (Å²) in [4.78, 5) is 0. The van der Waals surface area contributed by atoms with Crippen LogP contribution in [-0.4, -0.2) is 7.11 Å². The largest absolute Gasteiger partial charge is 0.494 e. The Bertz CT molecular complexity index is 885. The highest BCUT2D eigenvalue weighted by Gasteiger charge is 2.39. The normalized spacial score (nSPS) is 19.5.